The summed E-state index contributed by atoms with van der Waals surface area (Å²) < 4.78 is 3.20. The number of rotatable bonds is 6. The number of unbranched alkanes of at least 4 members (excludes halogenated alkanes) is 4. The number of hydrogen-bond acceptors (Lipinski definition) is 3. The number of nitrogens with one attached hydrogen (secondary N) is 1. The van der Waals surface area contributed by atoms with E-state index in [9.17, 15) is 9.59 Å². The molecular formula is C13H20N4O2. The van der Waals surface area contributed by atoms with Gasteiger partial charge in [0.1, 0.15) is 0 Å². The van der Waals surface area contributed by atoms with Crippen LogP contribution in [-0.4, -0.2) is 19.1 Å². The molecule has 104 valence electrons. The van der Waals surface area contributed by atoms with Gasteiger partial charge in [-0.2, -0.15) is 0 Å². The van der Waals surface area contributed by atoms with E-state index in [1.54, 1.807) is 13.4 Å². The van der Waals surface area contributed by atoms with E-state index in [2.05, 4.69) is 16.9 Å². The monoisotopic (exact) mass is 264 g/mol. The molecule has 0 aliphatic heterocycles. The molecule has 6 heteroatoms. The number of imidazole rings is 1. The van der Waals surface area contributed by atoms with Crippen molar-refractivity contribution in [2.24, 2.45) is 7.05 Å². The minimum Gasteiger partial charge on any atom is -0.325 e. The van der Waals surface area contributed by atoms with Crippen molar-refractivity contribution in [2.45, 2.75) is 45.6 Å². The Morgan fingerprint density at radius 2 is 1.95 bits per heavy atom. The molecule has 2 aromatic heterocycles. The van der Waals surface area contributed by atoms with Crippen molar-refractivity contribution in [3.05, 3.63) is 27.2 Å². The molecule has 0 saturated carbocycles. The van der Waals surface area contributed by atoms with Crippen molar-refractivity contribution >= 4 is 11.2 Å². The Hall–Kier alpha value is -1.85. The minimum absolute atomic E-state index is 0.357. The van der Waals surface area contributed by atoms with Crippen LogP contribution in [0.2, 0.25) is 0 Å². The lowest BCUT2D eigenvalue weighted by molar-refractivity contribution is 0.574. The quantitative estimate of drug-likeness (QED) is 0.801. The molecule has 2 rings (SSSR count). The maximum absolute atomic E-state index is 11.8. The predicted octanol–water partition coefficient (Wildman–Crippen LogP) is 1.39. The molecule has 1 N–H and O–H groups in total. The largest absolute Gasteiger partial charge is 0.329 e. The second-order valence-electron chi connectivity index (χ2n) is 4.84. The van der Waals surface area contributed by atoms with Gasteiger partial charge in [0.05, 0.1) is 6.33 Å². The van der Waals surface area contributed by atoms with Gasteiger partial charge in [-0.15, -0.1) is 0 Å². The van der Waals surface area contributed by atoms with Gasteiger partial charge in [-0.05, 0) is 6.42 Å². The third-order valence-corrected chi connectivity index (χ3v) is 3.38. The maximum Gasteiger partial charge on any atom is 0.329 e. The van der Waals surface area contributed by atoms with Gasteiger partial charge >= 0.3 is 5.69 Å². The van der Waals surface area contributed by atoms with Gasteiger partial charge in [-0.1, -0.05) is 32.6 Å². The van der Waals surface area contributed by atoms with E-state index < -0.39 is 5.69 Å². The zero-order valence-electron chi connectivity index (χ0n) is 11.5. The normalized spacial score (nSPS) is 11.3. The zero-order valence-corrected chi connectivity index (χ0v) is 11.5. The molecule has 0 spiro atoms. The van der Waals surface area contributed by atoms with Crippen LogP contribution in [0.5, 0.6) is 0 Å². The molecular weight excluding hydrogens is 244 g/mol. The number of nitrogens with zero attached hydrogens (tertiary/aromatic N) is 3. The first-order valence-corrected chi connectivity index (χ1v) is 6.79. The van der Waals surface area contributed by atoms with E-state index in [1.165, 1.54) is 23.8 Å². The van der Waals surface area contributed by atoms with Crippen molar-refractivity contribution < 1.29 is 0 Å². The molecule has 19 heavy (non-hydrogen) atoms. The Morgan fingerprint density at radius 1 is 1.21 bits per heavy atom. The van der Waals surface area contributed by atoms with Crippen molar-refractivity contribution in [1.29, 1.82) is 0 Å². The smallest absolute Gasteiger partial charge is 0.325 e. The van der Waals surface area contributed by atoms with Crippen LogP contribution in [0.1, 0.15) is 39.0 Å². The van der Waals surface area contributed by atoms with Crippen molar-refractivity contribution in [2.75, 3.05) is 0 Å². The Kier molecular flexibility index (Phi) is 4.19. The van der Waals surface area contributed by atoms with Crippen LogP contribution < -0.4 is 11.2 Å². The Bertz CT molecular complexity index is 665. The van der Waals surface area contributed by atoms with E-state index in [0.29, 0.717) is 11.2 Å². The van der Waals surface area contributed by atoms with E-state index in [4.69, 9.17) is 0 Å². The van der Waals surface area contributed by atoms with Crippen molar-refractivity contribution in [3.8, 4) is 0 Å². The standard InChI is InChI=1S/C13H20N4O2/c1-3-4-5-6-7-8-17-9-14-11-10(17)12(18)15-13(19)16(11)2/h9H,3-8H2,1-2H3,(H,15,18,19). The van der Waals surface area contributed by atoms with E-state index in [1.807, 2.05) is 4.57 Å². The molecule has 0 atom stereocenters. The maximum atomic E-state index is 11.8. The number of hydrogen-bond donors (Lipinski definition) is 1. The van der Waals surface area contributed by atoms with Gasteiger partial charge in [0.15, 0.2) is 11.2 Å². The second kappa shape index (κ2) is 5.86. The molecule has 0 aliphatic rings. The summed E-state index contributed by atoms with van der Waals surface area (Å²) in [5.74, 6) is 0. The number of aryl methyl sites for hydroxylation is 2. The van der Waals surface area contributed by atoms with E-state index in [-0.39, 0.29) is 5.56 Å². The minimum atomic E-state index is -0.425. The number of aromatic nitrogens is 4. The predicted molar refractivity (Wildman–Crippen MR) is 74.4 cm³/mol. The summed E-state index contributed by atoms with van der Waals surface area (Å²) >= 11 is 0. The van der Waals surface area contributed by atoms with Crippen LogP contribution in [-0.2, 0) is 13.6 Å². The van der Waals surface area contributed by atoms with Crippen LogP contribution in [0.15, 0.2) is 15.9 Å². The van der Waals surface area contributed by atoms with Gasteiger partial charge in [0.2, 0.25) is 0 Å². The lowest BCUT2D eigenvalue weighted by Gasteiger charge is -2.04. The van der Waals surface area contributed by atoms with E-state index >= 15 is 0 Å². The van der Waals surface area contributed by atoms with Crippen LogP contribution in [0.3, 0.4) is 0 Å². The first kappa shape index (κ1) is 13.6. The molecule has 0 unspecified atom stereocenters. The average molecular weight is 264 g/mol. The van der Waals surface area contributed by atoms with Crippen LogP contribution in [0.25, 0.3) is 11.2 Å². The molecule has 0 saturated heterocycles. The fourth-order valence-corrected chi connectivity index (χ4v) is 2.24. The van der Waals surface area contributed by atoms with Gasteiger partial charge < -0.3 is 4.57 Å². The molecule has 0 aliphatic carbocycles. The highest BCUT2D eigenvalue weighted by Gasteiger charge is 2.10. The van der Waals surface area contributed by atoms with Crippen LogP contribution >= 0.6 is 0 Å². The fraction of sp³-hybridized carbons (Fsp3) is 0.615. The highest BCUT2D eigenvalue weighted by atomic mass is 16.2. The summed E-state index contributed by atoms with van der Waals surface area (Å²) in [6.07, 6.45) is 7.50. The summed E-state index contributed by atoms with van der Waals surface area (Å²) in [6.45, 7) is 2.95. The Morgan fingerprint density at radius 3 is 2.68 bits per heavy atom. The molecule has 0 amide bonds. The highest BCUT2D eigenvalue weighted by Crippen LogP contribution is 2.08. The summed E-state index contributed by atoms with van der Waals surface area (Å²) in [5, 5.41) is 0. The molecule has 0 bridgehead atoms. The number of fused-ring (bicyclic) bond motifs is 1. The first-order valence-electron chi connectivity index (χ1n) is 6.79. The first-order chi connectivity index (χ1) is 9.15. The summed E-state index contributed by atoms with van der Waals surface area (Å²) in [5.41, 5.74) is 0.148. The molecule has 0 aromatic carbocycles. The topological polar surface area (TPSA) is 72.7 Å². The van der Waals surface area contributed by atoms with Gasteiger partial charge in [0.25, 0.3) is 5.56 Å². The van der Waals surface area contributed by atoms with Crippen LogP contribution in [0, 0.1) is 0 Å². The third kappa shape index (κ3) is 2.77. The molecule has 0 fully saturated rings. The zero-order chi connectivity index (χ0) is 13.8. The molecule has 6 nitrogen and oxygen atoms in total. The lowest BCUT2D eigenvalue weighted by atomic mass is 10.1. The Labute approximate surface area is 111 Å². The number of H-pyrrole nitrogens is 1. The number of aromatic amines is 1. The van der Waals surface area contributed by atoms with Gasteiger partial charge in [0, 0.05) is 13.6 Å². The fourth-order valence-electron chi connectivity index (χ4n) is 2.24. The second-order valence-corrected chi connectivity index (χ2v) is 4.84. The molecule has 2 aromatic rings. The van der Waals surface area contributed by atoms with Gasteiger partial charge in [-0.3, -0.25) is 14.3 Å². The van der Waals surface area contributed by atoms with Crippen molar-refractivity contribution in [1.82, 2.24) is 19.1 Å². The third-order valence-electron chi connectivity index (χ3n) is 3.38. The average Bonchev–Trinajstić information content (AvgIpc) is 2.80. The Balaban J connectivity index is 2.19. The SMILES string of the molecule is CCCCCCCn1cnc2c1c(=O)[nH]c(=O)n2C. The van der Waals surface area contributed by atoms with Crippen molar-refractivity contribution in [3.63, 3.8) is 0 Å². The van der Waals surface area contributed by atoms with E-state index in [0.717, 1.165) is 19.4 Å². The van der Waals surface area contributed by atoms with Crippen LogP contribution in [0.4, 0.5) is 0 Å². The summed E-state index contributed by atoms with van der Waals surface area (Å²) in [6, 6.07) is 0. The van der Waals surface area contributed by atoms with Gasteiger partial charge in [-0.25, -0.2) is 9.78 Å². The highest BCUT2D eigenvalue weighted by molar-refractivity contribution is 5.69. The summed E-state index contributed by atoms with van der Waals surface area (Å²) in [4.78, 5) is 29.8. The molecule has 0 radical (unpaired) electrons. The molecule has 2 heterocycles. The summed E-state index contributed by atoms with van der Waals surface area (Å²) in [7, 11) is 1.61. The lowest BCUT2D eigenvalue weighted by Crippen LogP contribution is -2.29.